The highest BCUT2D eigenvalue weighted by molar-refractivity contribution is 5.32. The molecule has 2 rings (SSSR count). The molecule has 0 radical (unpaired) electrons. The Bertz CT molecular complexity index is 533. The van der Waals surface area contributed by atoms with Crippen LogP contribution in [0.3, 0.4) is 0 Å². The Kier molecular flexibility index (Phi) is 3.84. The molecule has 5 heteroatoms. The lowest BCUT2D eigenvalue weighted by Gasteiger charge is -2.17. The molecule has 0 aliphatic rings. The first-order chi connectivity index (χ1) is 8.74. The van der Waals surface area contributed by atoms with Crippen molar-refractivity contribution in [3.8, 4) is 5.75 Å². The van der Waals surface area contributed by atoms with Crippen molar-refractivity contribution in [2.45, 2.75) is 6.04 Å². The van der Waals surface area contributed by atoms with Crippen molar-refractivity contribution < 1.29 is 9.13 Å². The zero-order chi connectivity index (χ0) is 13.0. The number of nitrogens with one attached hydrogen (secondary N) is 1. The number of ether oxygens (including phenoxy) is 1. The van der Waals surface area contributed by atoms with Crippen LogP contribution < -0.4 is 10.1 Å². The Morgan fingerprint density at radius 1 is 1.11 bits per heavy atom. The van der Waals surface area contributed by atoms with E-state index >= 15 is 0 Å². The lowest BCUT2D eigenvalue weighted by molar-refractivity contribution is 0.411. The van der Waals surface area contributed by atoms with E-state index in [1.807, 2.05) is 6.07 Å². The Hall–Kier alpha value is -2.01. The van der Waals surface area contributed by atoms with Crippen LogP contribution in [0.25, 0.3) is 0 Å². The number of pyridine rings is 2. The van der Waals surface area contributed by atoms with Gasteiger partial charge in [0.25, 0.3) is 0 Å². The third-order valence-electron chi connectivity index (χ3n) is 2.65. The molecule has 2 aromatic heterocycles. The van der Waals surface area contributed by atoms with Crippen molar-refractivity contribution in [1.29, 1.82) is 0 Å². The molecule has 0 fully saturated rings. The molecule has 0 bridgehead atoms. The molecular weight excluding hydrogens is 233 g/mol. The Labute approximate surface area is 105 Å². The molecule has 2 heterocycles. The van der Waals surface area contributed by atoms with Crippen molar-refractivity contribution in [3.05, 3.63) is 53.9 Å². The minimum atomic E-state index is -0.358. The van der Waals surface area contributed by atoms with E-state index in [0.29, 0.717) is 5.75 Å². The SMILES string of the molecule is CNC(c1cncc(F)c1)c1cncc(OC)c1. The zero-order valence-corrected chi connectivity index (χ0v) is 10.2. The fourth-order valence-corrected chi connectivity index (χ4v) is 1.82. The van der Waals surface area contributed by atoms with Gasteiger partial charge in [0, 0.05) is 12.4 Å². The van der Waals surface area contributed by atoms with Crippen LogP contribution in [-0.2, 0) is 0 Å². The van der Waals surface area contributed by atoms with Gasteiger partial charge in [-0.25, -0.2) is 4.39 Å². The van der Waals surface area contributed by atoms with Crippen molar-refractivity contribution in [1.82, 2.24) is 15.3 Å². The van der Waals surface area contributed by atoms with E-state index in [9.17, 15) is 4.39 Å². The molecule has 0 spiro atoms. The van der Waals surface area contributed by atoms with Crippen LogP contribution in [0.5, 0.6) is 5.75 Å². The van der Waals surface area contributed by atoms with Crippen LogP contribution in [0.4, 0.5) is 4.39 Å². The molecule has 0 aromatic carbocycles. The van der Waals surface area contributed by atoms with E-state index in [-0.39, 0.29) is 11.9 Å². The van der Waals surface area contributed by atoms with Gasteiger partial charge >= 0.3 is 0 Å². The summed E-state index contributed by atoms with van der Waals surface area (Å²) in [6, 6.07) is 3.14. The summed E-state index contributed by atoms with van der Waals surface area (Å²) in [6.45, 7) is 0. The lowest BCUT2D eigenvalue weighted by atomic mass is 10.0. The molecule has 0 aliphatic heterocycles. The van der Waals surface area contributed by atoms with E-state index in [1.54, 1.807) is 32.7 Å². The summed E-state index contributed by atoms with van der Waals surface area (Å²) >= 11 is 0. The quantitative estimate of drug-likeness (QED) is 0.896. The third kappa shape index (κ3) is 2.62. The van der Waals surface area contributed by atoms with Gasteiger partial charge < -0.3 is 10.1 Å². The van der Waals surface area contributed by atoms with Crippen LogP contribution in [0.15, 0.2) is 36.9 Å². The van der Waals surface area contributed by atoms with Gasteiger partial charge in [0.05, 0.1) is 25.5 Å². The minimum Gasteiger partial charge on any atom is -0.495 e. The van der Waals surface area contributed by atoms with E-state index in [1.165, 1.54) is 12.3 Å². The largest absolute Gasteiger partial charge is 0.495 e. The maximum atomic E-state index is 13.2. The normalized spacial score (nSPS) is 12.2. The van der Waals surface area contributed by atoms with E-state index < -0.39 is 0 Å². The van der Waals surface area contributed by atoms with Gasteiger partial charge in [-0.05, 0) is 30.3 Å². The highest BCUT2D eigenvalue weighted by Gasteiger charge is 2.14. The second-order valence-corrected chi connectivity index (χ2v) is 3.82. The molecule has 1 unspecified atom stereocenters. The van der Waals surface area contributed by atoms with Crippen LogP contribution in [0, 0.1) is 5.82 Å². The minimum absolute atomic E-state index is 0.171. The fourth-order valence-electron chi connectivity index (χ4n) is 1.82. The van der Waals surface area contributed by atoms with Crippen LogP contribution in [-0.4, -0.2) is 24.1 Å². The standard InChI is InChI=1S/C13H14FN3O/c1-15-13(9-3-11(14)7-16-5-9)10-4-12(18-2)8-17-6-10/h3-8,13,15H,1-2H3. The number of hydrogen-bond acceptors (Lipinski definition) is 4. The smallest absolute Gasteiger partial charge is 0.141 e. The summed E-state index contributed by atoms with van der Waals surface area (Å²) in [4.78, 5) is 7.95. The van der Waals surface area contributed by atoms with Gasteiger partial charge in [0.2, 0.25) is 0 Å². The summed E-state index contributed by atoms with van der Waals surface area (Å²) in [6.07, 6.45) is 6.15. The maximum Gasteiger partial charge on any atom is 0.141 e. The maximum absolute atomic E-state index is 13.2. The molecular formula is C13H14FN3O. The average molecular weight is 247 g/mol. The molecule has 1 atom stereocenters. The predicted molar refractivity (Wildman–Crippen MR) is 65.9 cm³/mol. The monoisotopic (exact) mass is 247 g/mol. The van der Waals surface area contributed by atoms with Crippen molar-refractivity contribution in [2.75, 3.05) is 14.2 Å². The number of hydrogen-bond donors (Lipinski definition) is 1. The van der Waals surface area contributed by atoms with Gasteiger partial charge in [-0.15, -0.1) is 0 Å². The highest BCUT2D eigenvalue weighted by Crippen LogP contribution is 2.23. The Balaban J connectivity index is 2.38. The Morgan fingerprint density at radius 2 is 1.78 bits per heavy atom. The summed E-state index contributed by atoms with van der Waals surface area (Å²) in [5.41, 5.74) is 1.64. The first-order valence-electron chi connectivity index (χ1n) is 5.51. The highest BCUT2D eigenvalue weighted by atomic mass is 19.1. The number of methoxy groups -OCH3 is 1. The second kappa shape index (κ2) is 5.55. The van der Waals surface area contributed by atoms with Gasteiger partial charge in [-0.3, -0.25) is 9.97 Å². The van der Waals surface area contributed by atoms with Gasteiger partial charge in [-0.2, -0.15) is 0 Å². The summed E-state index contributed by atoms with van der Waals surface area (Å²) in [5.74, 6) is 0.306. The molecule has 0 aliphatic carbocycles. The predicted octanol–water partition coefficient (Wildman–Crippen LogP) is 1.93. The van der Waals surface area contributed by atoms with E-state index in [2.05, 4.69) is 15.3 Å². The summed E-state index contributed by atoms with van der Waals surface area (Å²) in [5, 5.41) is 3.11. The molecule has 94 valence electrons. The Morgan fingerprint density at radius 3 is 2.39 bits per heavy atom. The number of halogens is 1. The molecule has 0 saturated carbocycles. The van der Waals surface area contributed by atoms with Gasteiger partial charge in [0.15, 0.2) is 0 Å². The van der Waals surface area contributed by atoms with Crippen molar-refractivity contribution in [2.24, 2.45) is 0 Å². The fraction of sp³-hybridized carbons (Fsp3) is 0.231. The molecule has 4 nitrogen and oxygen atoms in total. The lowest BCUT2D eigenvalue weighted by Crippen LogP contribution is -2.18. The molecule has 0 saturated heterocycles. The van der Waals surface area contributed by atoms with Crippen molar-refractivity contribution in [3.63, 3.8) is 0 Å². The summed E-state index contributed by atoms with van der Waals surface area (Å²) < 4.78 is 18.3. The van der Waals surface area contributed by atoms with E-state index in [0.717, 1.165) is 11.1 Å². The molecule has 2 aromatic rings. The van der Waals surface area contributed by atoms with Crippen molar-refractivity contribution >= 4 is 0 Å². The molecule has 18 heavy (non-hydrogen) atoms. The topological polar surface area (TPSA) is 47.0 Å². The van der Waals surface area contributed by atoms with Crippen LogP contribution in [0.1, 0.15) is 17.2 Å². The van der Waals surface area contributed by atoms with Crippen LogP contribution >= 0.6 is 0 Å². The number of rotatable bonds is 4. The zero-order valence-electron chi connectivity index (χ0n) is 10.2. The summed E-state index contributed by atoms with van der Waals surface area (Å²) in [7, 11) is 3.38. The first kappa shape index (κ1) is 12.4. The number of nitrogens with zero attached hydrogens (tertiary/aromatic N) is 2. The molecule has 0 amide bonds. The average Bonchev–Trinajstić information content (AvgIpc) is 2.40. The molecule has 1 N–H and O–H groups in total. The first-order valence-corrected chi connectivity index (χ1v) is 5.51. The number of aromatic nitrogens is 2. The van der Waals surface area contributed by atoms with Gasteiger partial charge in [-0.1, -0.05) is 0 Å². The van der Waals surface area contributed by atoms with Crippen LogP contribution in [0.2, 0.25) is 0 Å². The second-order valence-electron chi connectivity index (χ2n) is 3.82. The third-order valence-corrected chi connectivity index (χ3v) is 2.65. The van der Waals surface area contributed by atoms with E-state index in [4.69, 9.17) is 4.74 Å². The van der Waals surface area contributed by atoms with Gasteiger partial charge in [0.1, 0.15) is 11.6 Å².